The number of hydrogen-bond acceptors (Lipinski definition) is 0. The van der Waals surface area contributed by atoms with E-state index in [1.165, 1.54) is 109 Å². The van der Waals surface area contributed by atoms with Gasteiger partial charge in [-0.15, -0.1) is 0 Å². The maximum absolute atomic E-state index is 3.72. The fourth-order valence-electron chi connectivity index (χ4n) is 6.42. The van der Waals surface area contributed by atoms with Gasteiger partial charge >= 0.3 is 0 Å². The third-order valence-electron chi connectivity index (χ3n) is 8.38. The van der Waals surface area contributed by atoms with Crippen molar-refractivity contribution in [3.8, 4) is 0 Å². The van der Waals surface area contributed by atoms with Crippen molar-refractivity contribution in [2.75, 3.05) is 0 Å². The lowest BCUT2D eigenvalue weighted by Crippen LogP contribution is -2.10. The molecule has 0 fully saturated rings. The molecule has 192 valence electrons. The maximum Gasteiger partial charge on any atom is 0.0365 e. The first-order valence-corrected chi connectivity index (χ1v) is 16.3. The van der Waals surface area contributed by atoms with Crippen molar-refractivity contribution in [1.82, 2.24) is 0 Å². The molecule has 0 aromatic rings. The molecule has 6 bridgehead atoms. The van der Waals surface area contributed by atoms with Crippen LogP contribution in [0.15, 0.2) is 70.9 Å². The third-order valence-corrected chi connectivity index (χ3v) is 9.56. The van der Waals surface area contributed by atoms with E-state index in [0.717, 1.165) is 11.8 Å². The minimum atomic E-state index is 0.578. The Balaban J connectivity index is 0.000000124. The molecule has 0 amide bonds. The Morgan fingerprint density at radius 1 is 0.543 bits per heavy atom. The average molecular weight is 603 g/mol. The van der Waals surface area contributed by atoms with Gasteiger partial charge in [-0.1, -0.05) is 109 Å². The molecule has 0 aliphatic heterocycles. The number of halogens is 2. The summed E-state index contributed by atoms with van der Waals surface area (Å²) in [5, 5.41) is 0. The Morgan fingerprint density at radius 3 is 1.49 bits per heavy atom. The maximum atomic E-state index is 3.72. The van der Waals surface area contributed by atoms with Crippen molar-refractivity contribution in [3.63, 3.8) is 0 Å². The topological polar surface area (TPSA) is 0 Å². The highest BCUT2D eigenvalue weighted by Gasteiger charge is 2.18. The molecular weight excluding hydrogens is 556 g/mol. The van der Waals surface area contributed by atoms with Crippen molar-refractivity contribution < 1.29 is 0 Å². The van der Waals surface area contributed by atoms with Gasteiger partial charge in [0, 0.05) is 9.65 Å². The van der Waals surface area contributed by atoms with Crippen molar-refractivity contribution in [3.05, 3.63) is 70.9 Å². The first-order chi connectivity index (χ1) is 17.1. The Kier molecular flexibility index (Phi) is 11.7. The van der Waals surface area contributed by atoms with Crippen LogP contribution in [0.5, 0.6) is 0 Å². The Morgan fingerprint density at radius 2 is 1.00 bits per heavy atom. The molecule has 0 aromatic carbocycles. The molecule has 0 saturated carbocycles. The molecule has 0 heterocycles. The van der Waals surface area contributed by atoms with Crippen LogP contribution in [0.25, 0.3) is 0 Å². The molecule has 0 spiro atoms. The van der Waals surface area contributed by atoms with E-state index in [9.17, 15) is 0 Å². The molecule has 0 saturated heterocycles. The van der Waals surface area contributed by atoms with E-state index in [1.54, 1.807) is 22.3 Å². The minimum Gasteiger partial charge on any atom is -0.0877 e. The second-order valence-corrected chi connectivity index (χ2v) is 13.7. The quantitative estimate of drug-likeness (QED) is 0.191. The van der Waals surface area contributed by atoms with Gasteiger partial charge in [0.1, 0.15) is 0 Å². The molecule has 4 unspecified atom stereocenters. The van der Waals surface area contributed by atoms with Crippen LogP contribution in [-0.4, -0.2) is 9.65 Å². The van der Waals surface area contributed by atoms with Gasteiger partial charge in [0.25, 0.3) is 0 Å². The summed E-state index contributed by atoms with van der Waals surface area (Å²) < 4.78 is 0. The fourth-order valence-corrected chi connectivity index (χ4v) is 8.00. The van der Waals surface area contributed by atoms with E-state index < -0.39 is 0 Å². The molecule has 0 N–H and O–H groups in total. The highest BCUT2D eigenvalue weighted by atomic mass is 79.9. The summed E-state index contributed by atoms with van der Waals surface area (Å²) in [7, 11) is 0. The van der Waals surface area contributed by atoms with Crippen molar-refractivity contribution in [1.29, 1.82) is 0 Å². The van der Waals surface area contributed by atoms with Crippen LogP contribution in [-0.2, 0) is 0 Å². The number of rotatable bonds is 0. The monoisotopic (exact) mass is 600 g/mol. The summed E-state index contributed by atoms with van der Waals surface area (Å²) >= 11 is 7.43. The lowest BCUT2D eigenvalue weighted by Gasteiger charge is -2.23. The van der Waals surface area contributed by atoms with E-state index in [0.29, 0.717) is 9.65 Å². The first kappa shape index (κ1) is 27.4. The SMILES string of the molecule is BrC1/C=C2/CCC/C(=C/C(Br)C2)C1.C1=C2CC/C=C(\CC1)CCC2.C1=CC2C/C=C\C(C1)CCC2. The molecular formula is C33H46Br2. The predicted molar refractivity (Wildman–Crippen MR) is 162 cm³/mol. The van der Waals surface area contributed by atoms with Gasteiger partial charge in [-0.25, -0.2) is 0 Å². The third kappa shape index (κ3) is 9.99. The first-order valence-electron chi connectivity index (χ1n) is 14.5. The van der Waals surface area contributed by atoms with Gasteiger partial charge in [-0.05, 0) is 115 Å². The van der Waals surface area contributed by atoms with Crippen LogP contribution >= 0.6 is 31.9 Å². The van der Waals surface area contributed by atoms with Crippen LogP contribution in [0.2, 0.25) is 0 Å². The molecule has 2 heteroatoms. The Hall–Kier alpha value is -0.600. The smallest absolute Gasteiger partial charge is 0.0365 e. The number of alkyl halides is 2. The Bertz CT molecular complexity index is 784. The summed E-state index contributed by atoms with van der Waals surface area (Å²) in [6.45, 7) is 0. The molecule has 4 atom stereocenters. The summed E-state index contributed by atoms with van der Waals surface area (Å²) in [5.74, 6) is 1.71. The van der Waals surface area contributed by atoms with Gasteiger partial charge in [0.15, 0.2) is 0 Å². The van der Waals surface area contributed by atoms with Crippen LogP contribution in [0.1, 0.15) is 109 Å². The summed E-state index contributed by atoms with van der Waals surface area (Å²) in [6, 6.07) is 0. The summed E-state index contributed by atoms with van der Waals surface area (Å²) in [6.07, 6.45) is 42.0. The molecule has 9 aliphatic carbocycles. The number of fused-ring (bicyclic) bond motifs is 16. The van der Waals surface area contributed by atoms with Crippen molar-refractivity contribution in [2.45, 2.75) is 119 Å². The summed E-state index contributed by atoms with van der Waals surface area (Å²) in [5.41, 5.74) is 6.69. The molecule has 9 rings (SSSR count). The fraction of sp³-hybridized carbons (Fsp3) is 0.636. The van der Waals surface area contributed by atoms with Crippen molar-refractivity contribution >= 4 is 31.9 Å². The number of hydrogen-bond donors (Lipinski definition) is 0. The van der Waals surface area contributed by atoms with Gasteiger partial charge in [0.05, 0.1) is 0 Å². The van der Waals surface area contributed by atoms with Gasteiger partial charge in [-0.3, -0.25) is 0 Å². The average Bonchev–Trinajstić information content (AvgIpc) is 2.68. The van der Waals surface area contributed by atoms with E-state index >= 15 is 0 Å². The zero-order chi connectivity index (χ0) is 24.3. The molecule has 9 aliphatic rings. The second kappa shape index (κ2) is 15.0. The highest BCUT2D eigenvalue weighted by Crippen LogP contribution is 2.33. The highest BCUT2D eigenvalue weighted by molar-refractivity contribution is 9.09. The van der Waals surface area contributed by atoms with Crippen LogP contribution in [0, 0.1) is 11.8 Å². The van der Waals surface area contributed by atoms with Gasteiger partial charge in [0.2, 0.25) is 0 Å². The molecule has 0 nitrogen and oxygen atoms in total. The zero-order valence-electron chi connectivity index (χ0n) is 21.7. The molecule has 0 radical (unpaired) electrons. The largest absolute Gasteiger partial charge is 0.0877 e. The van der Waals surface area contributed by atoms with Crippen molar-refractivity contribution in [2.24, 2.45) is 11.8 Å². The Labute approximate surface area is 232 Å². The molecule has 0 aromatic heterocycles. The second-order valence-electron chi connectivity index (χ2n) is 11.4. The lowest BCUT2D eigenvalue weighted by molar-refractivity contribution is 0.461. The van der Waals surface area contributed by atoms with Crippen LogP contribution < -0.4 is 0 Å². The van der Waals surface area contributed by atoms with E-state index in [1.807, 2.05) is 0 Å². The lowest BCUT2D eigenvalue weighted by atomic mass is 9.85. The van der Waals surface area contributed by atoms with E-state index in [4.69, 9.17) is 0 Å². The van der Waals surface area contributed by atoms with Crippen LogP contribution in [0.3, 0.4) is 0 Å². The van der Waals surface area contributed by atoms with Gasteiger partial charge in [-0.2, -0.15) is 0 Å². The standard InChI is InChI=1S/C11H14Br2.2C11H16/c12-10-4-8-2-1-3-9(6-10)7-11(13)5-8;2*1-4-10-6-2-7-11(5-1)9-3-8-10/h4,7,10-11H,1-3,5-6H2;4,7H,1-3,5-6,8-9H2;1-2,4,7,10-11H,3,5-6,8-9H2/b8-4-,9-7-;10-4+,11-7?;4-1-,7-2?. The predicted octanol–water partition coefficient (Wildman–Crippen LogP) is 11.2. The number of allylic oxidation sites excluding steroid dienone is 12. The van der Waals surface area contributed by atoms with Gasteiger partial charge < -0.3 is 0 Å². The normalized spacial score (nSPS) is 37.3. The molecule has 35 heavy (non-hydrogen) atoms. The van der Waals surface area contributed by atoms with Crippen LogP contribution in [0.4, 0.5) is 0 Å². The minimum absolute atomic E-state index is 0.578. The summed E-state index contributed by atoms with van der Waals surface area (Å²) in [4.78, 5) is 1.16. The van der Waals surface area contributed by atoms with E-state index in [-0.39, 0.29) is 0 Å². The zero-order valence-corrected chi connectivity index (χ0v) is 24.9. The van der Waals surface area contributed by atoms with E-state index in [2.05, 4.69) is 80.5 Å².